The molecule has 1 heterocycles. The highest BCUT2D eigenvalue weighted by atomic mass is 16.3. The van der Waals surface area contributed by atoms with Crippen LogP contribution in [0.25, 0.3) is 291 Å². The van der Waals surface area contributed by atoms with Gasteiger partial charge in [-0.3, -0.25) is 0 Å². The van der Waals surface area contributed by atoms with Crippen molar-refractivity contribution in [1.82, 2.24) is 0 Å². The van der Waals surface area contributed by atoms with Gasteiger partial charge in [0, 0.05) is 18.8 Å². The number of aromatic hydroxyl groups is 1. The van der Waals surface area contributed by atoms with Crippen LogP contribution in [0, 0.1) is 0 Å². The quantitative estimate of drug-likeness (QED) is 0.166. The Morgan fingerprint density at radius 2 is 0.357 bits per heavy atom. The summed E-state index contributed by atoms with van der Waals surface area (Å²) in [7, 11) is 0. The molecule has 1 fully saturated rings. The smallest absolute Gasteiger partial charge is 0.115 e. The van der Waals surface area contributed by atoms with E-state index in [0.29, 0.717) is 5.75 Å². The third kappa shape index (κ3) is 1.34. The van der Waals surface area contributed by atoms with Crippen LogP contribution in [0.1, 0.15) is 22.3 Å². The molecule has 0 radical (unpaired) electrons. The van der Waals surface area contributed by atoms with Gasteiger partial charge in [0.2, 0.25) is 0 Å². The normalized spacial score (nSPS) is 22.6. The minimum Gasteiger partial charge on any atom is -0.508 e. The van der Waals surface area contributed by atoms with Gasteiger partial charge in [-0.2, -0.15) is 0 Å². The largest absolute Gasteiger partial charge is 0.508 e. The van der Waals surface area contributed by atoms with Crippen molar-refractivity contribution in [2.24, 2.45) is 0 Å². The maximum atomic E-state index is 10.9. The van der Waals surface area contributed by atoms with Gasteiger partial charge < -0.3 is 10.0 Å². The first-order chi connectivity index (χ1) is 34.8. The molecule has 4 aliphatic carbocycles. The molecule has 0 bridgehead atoms. The van der Waals surface area contributed by atoms with Gasteiger partial charge in [-0.1, -0.05) is 0 Å². The van der Waals surface area contributed by atoms with Crippen LogP contribution in [0.5, 0.6) is 5.75 Å². The molecule has 29 aromatic carbocycles. The molecule has 0 amide bonds. The van der Waals surface area contributed by atoms with Crippen LogP contribution in [-0.4, -0.2) is 18.2 Å². The van der Waals surface area contributed by atoms with Crippen molar-refractivity contribution in [3.63, 3.8) is 0 Å². The zero-order chi connectivity index (χ0) is 41.5. The van der Waals surface area contributed by atoms with Crippen LogP contribution in [0.4, 0.5) is 5.69 Å². The van der Waals surface area contributed by atoms with E-state index in [9.17, 15) is 5.11 Å². The maximum Gasteiger partial charge on any atom is 0.115 e. The van der Waals surface area contributed by atoms with Gasteiger partial charge in [0.25, 0.3) is 0 Å². The number of benzene rings is 19. The Morgan fingerprint density at radius 1 is 0.214 bits per heavy atom. The zero-order valence-corrected chi connectivity index (χ0v) is 35.6. The third-order valence-corrected chi connectivity index (χ3v) is 25.8. The summed E-state index contributed by atoms with van der Waals surface area (Å²) in [4.78, 5) is 2.85. The van der Waals surface area contributed by atoms with Gasteiger partial charge in [0.05, 0.1) is 10.8 Å². The van der Waals surface area contributed by atoms with Crippen molar-refractivity contribution < 1.29 is 5.11 Å². The monoisotopic (exact) mass is 855 g/mol. The van der Waals surface area contributed by atoms with E-state index >= 15 is 0 Å². The van der Waals surface area contributed by atoms with E-state index in [-0.39, 0.29) is 10.8 Å². The van der Waals surface area contributed by atoms with Crippen molar-refractivity contribution >= 4 is 297 Å². The minimum absolute atomic E-state index is 0.268. The van der Waals surface area contributed by atoms with Gasteiger partial charge in [0.1, 0.15) is 5.75 Å². The van der Waals surface area contributed by atoms with Gasteiger partial charge in [0.15, 0.2) is 0 Å². The molecule has 1 N–H and O–H groups in total. The summed E-state index contributed by atoms with van der Waals surface area (Å²) < 4.78 is 0. The molecule has 2 nitrogen and oxygen atoms in total. The van der Waals surface area contributed by atoms with Crippen LogP contribution < -0.4 is 4.90 Å². The average Bonchev–Trinajstić information content (AvgIpc) is 4.30. The third-order valence-electron chi connectivity index (χ3n) is 25.8. The molecule has 0 unspecified atom stereocenters. The number of hydrogen-bond donors (Lipinski definition) is 1. The lowest BCUT2D eigenvalue weighted by molar-refractivity contribution is 0.415. The van der Waals surface area contributed by atoms with Crippen LogP contribution >= 0.6 is 0 Å². The Balaban J connectivity index is 1.16. The SMILES string of the molecule is Oc1ccc(N2CC34c5c6c7c8c9c%10c(c%11c%12c3c3c5c5c%13c6c6c7c7c9c9c%14c%10c%10c%11c%11c%12c%12c3c3c5c5c%13c%13c6c6c7c9c7c9c%14c%10c%10c%11c%11c%12c3c3c5c5c%13c6c7c6c9c%10c%11c3c56)C84C2)cc1. The standard InChI is InChI=1S/C68H9NO/c70-8-3-1-7(2-4-8)69-5-67-63-55-47-37-27-19-11-9-10-13-17-15(11)23-31-25(17)35-29-21(13)22-14(10)18-16-12(9)20(19)28-34-24(16)32-26(18)36-30(22)40-39(29)49-43(35)53-45(31)51(41(47)33(23)27)59(63)61(53)65-57(49)58-50(40)44(36)54-46(32)52-42(34)48(38(28)37)56(55)64(67)60(52)62(54)66(58)68(65,67)6-69/h1-4,70H,5-6H2. The molecule has 29 aromatic rings. The Bertz CT molecular complexity index is 6800. The zero-order valence-electron chi connectivity index (χ0n) is 35.6. The molecular formula is C68H9NO. The average molecular weight is 856 g/mol. The van der Waals surface area contributed by atoms with E-state index < -0.39 is 0 Å². The van der Waals surface area contributed by atoms with Crippen LogP contribution in [-0.2, 0) is 10.8 Å². The lowest BCUT2D eigenvalue weighted by Crippen LogP contribution is -2.51. The Kier molecular flexibility index (Phi) is 2.09. The molecule has 2 heteroatoms. The first-order valence-corrected chi connectivity index (χ1v) is 26.1. The van der Waals surface area contributed by atoms with E-state index in [1.54, 1.807) is 313 Å². The Hall–Kier alpha value is -8.72. The predicted molar refractivity (Wildman–Crippen MR) is 294 cm³/mol. The molecular weight excluding hydrogens is 847 g/mol. The molecule has 0 atom stereocenters. The van der Waals surface area contributed by atoms with E-state index in [1.807, 2.05) is 12.1 Å². The first-order valence-electron chi connectivity index (χ1n) is 26.1. The summed E-state index contributed by atoms with van der Waals surface area (Å²) in [6.45, 7) is 1.93. The highest BCUT2D eigenvalue weighted by Crippen LogP contribution is 2.85. The second kappa shape index (κ2) is 5.73. The fraction of sp³-hybridized carbons (Fsp3) is 0.0588. The summed E-state index contributed by atoms with van der Waals surface area (Å²) in [6.07, 6.45) is 0. The Morgan fingerprint density at radius 3 is 0.514 bits per heavy atom. The molecule has 2 spiro atoms. The van der Waals surface area contributed by atoms with Crippen molar-refractivity contribution in [3.8, 4) is 5.75 Å². The molecule has 0 aromatic heterocycles. The second-order valence-electron chi connectivity index (χ2n) is 25.9. The van der Waals surface area contributed by atoms with Gasteiger partial charge in [-0.25, -0.2) is 0 Å². The van der Waals surface area contributed by atoms with Crippen molar-refractivity contribution in [2.45, 2.75) is 10.8 Å². The molecule has 34 rings (SSSR count). The number of anilines is 1. The molecule has 0 saturated carbocycles. The summed E-state index contributed by atoms with van der Waals surface area (Å²) in [5, 5.41) is 100. The molecule has 292 valence electrons. The topological polar surface area (TPSA) is 23.5 Å². The fourth-order valence-corrected chi connectivity index (χ4v) is 25.6. The number of phenols is 1. The van der Waals surface area contributed by atoms with Crippen molar-refractivity contribution in [3.05, 3.63) is 46.5 Å². The number of nitrogens with zero attached hydrogens (tertiary/aromatic N) is 1. The predicted octanol–water partition coefficient (Wildman–Crippen LogP) is 17.5. The van der Waals surface area contributed by atoms with Gasteiger partial charge >= 0.3 is 0 Å². The summed E-state index contributed by atoms with van der Waals surface area (Å²) in [6, 6.07) is 8.41. The lowest BCUT2D eigenvalue weighted by Gasteiger charge is -2.49. The number of phenolic OH excluding ortho intramolecular Hbond substituents is 1. The van der Waals surface area contributed by atoms with Crippen molar-refractivity contribution in [2.75, 3.05) is 18.0 Å². The molecule has 1 saturated heterocycles. The maximum absolute atomic E-state index is 10.9. The first kappa shape index (κ1) is 25.6. The molecule has 5 aliphatic rings. The van der Waals surface area contributed by atoms with Gasteiger partial charge in [-0.15, -0.1) is 0 Å². The van der Waals surface area contributed by atoms with Crippen LogP contribution in [0.15, 0.2) is 24.3 Å². The summed E-state index contributed by atoms with van der Waals surface area (Å²) in [5.74, 6) is 0.356. The highest BCUT2D eigenvalue weighted by Gasteiger charge is 2.73. The van der Waals surface area contributed by atoms with Crippen LogP contribution in [0.2, 0.25) is 0 Å². The van der Waals surface area contributed by atoms with Crippen LogP contribution in [0.3, 0.4) is 0 Å². The fourth-order valence-electron chi connectivity index (χ4n) is 25.6. The van der Waals surface area contributed by atoms with E-state index in [0.717, 1.165) is 13.1 Å². The highest BCUT2D eigenvalue weighted by molar-refractivity contribution is 6.82. The molecule has 1 aliphatic heterocycles. The van der Waals surface area contributed by atoms with Crippen molar-refractivity contribution in [1.29, 1.82) is 0 Å². The van der Waals surface area contributed by atoms with E-state index in [2.05, 4.69) is 17.0 Å². The Labute approximate surface area is 380 Å². The number of rotatable bonds is 1. The lowest BCUT2D eigenvalue weighted by atomic mass is 9.50. The minimum atomic E-state index is -0.268. The van der Waals surface area contributed by atoms with E-state index in [1.165, 1.54) is 5.69 Å². The molecule has 70 heavy (non-hydrogen) atoms. The summed E-state index contributed by atoms with van der Waals surface area (Å²) >= 11 is 0. The number of hydrogen-bond acceptors (Lipinski definition) is 2. The summed E-state index contributed by atoms with van der Waals surface area (Å²) in [5.41, 5.74) is 7.68. The van der Waals surface area contributed by atoms with E-state index in [4.69, 9.17) is 0 Å². The van der Waals surface area contributed by atoms with Gasteiger partial charge in [-0.05, 0) is 337 Å². The second-order valence-corrected chi connectivity index (χ2v) is 25.9.